The molecule has 5 atom stereocenters. The van der Waals surface area contributed by atoms with Crippen LogP contribution in [0.5, 0.6) is 0 Å². The van der Waals surface area contributed by atoms with Gasteiger partial charge in [-0.2, -0.15) is 0 Å². The van der Waals surface area contributed by atoms with Crippen molar-refractivity contribution in [3.8, 4) is 0 Å². The number of rotatable bonds is 7. The van der Waals surface area contributed by atoms with Gasteiger partial charge in [0.05, 0.1) is 12.9 Å². The van der Waals surface area contributed by atoms with Gasteiger partial charge in [-0.15, -0.1) is 11.8 Å². The lowest BCUT2D eigenvalue weighted by Crippen LogP contribution is -2.48. The molecule has 0 aliphatic carbocycles. The second kappa shape index (κ2) is 7.71. The summed E-state index contributed by atoms with van der Waals surface area (Å²) in [6.45, 7) is -0.744. The third-order valence-corrected chi connectivity index (χ3v) is 4.67. The quantitative estimate of drug-likeness (QED) is 0.381. The minimum absolute atomic E-state index is 0.152. The van der Waals surface area contributed by atoms with Gasteiger partial charge < -0.3 is 25.5 Å². The summed E-state index contributed by atoms with van der Waals surface area (Å²) in [5.41, 5.74) is 0.693. The van der Waals surface area contributed by atoms with Crippen molar-refractivity contribution in [3.05, 3.63) is 17.8 Å². The van der Waals surface area contributed by atoms with E-state index in [0.717, 1.165) is 0 Å². The molecule has 0 aromatic carbocycles. The lowest BCUT2D eigenvalue weighted by atomic mass is 10.0. The topological polar surface area (TPSA) is 145 Å². The van der Waals surface area contributed by atoms with Crippen LogP contribution in [0.4, 0.5) is 0 Å². The van der Waals surface area contributed by atoms with E-state index in [1.54, 1.807) is 6.26 Å². The lowest BCUT2D eigenvalue weighted by molar-refractivity contribution is -0.118. The number of aliphatic hydroxyl groups excluding tert-OH is 5. The maximum absolute atomic E-state index is 10.3. The van der Waals surface area contributed by atoms with Crippen LogP contribution in [-0.2, 0) is 0 Å². The van der Waals surface area contributed by atoms with E-state index in [-0.39, 0.29) is 5.15 Å². The van der Waals surface area contributed by atoms with E-state index < -0.39 is 36.4 Å². The molecule has 128 valence electrons. The molecular formula is C12H17ClN4O5S. The first-order valence-electron chi connectivity index (χ1n) is 6.61. The number of nitrogens with zero attached hydrogens (tertiary/aromatic N) is 4. The molecule has 0 spiro atoms. The molecule has 0 aliphatic rings. The predicted molar refractivity (Wildman–Crippen MR) is 84.0 cm³/mol. The molecule has 0 fully saturated rings. The Hall–Kier alpha value is -1.01. The van der Waals surface area contributed by atoms with Gasteiger partial charge in [-0.1, -0.05) is 11.6 Å². The van der Waals surface area contributed by atoms with Crippen LogP contribution in [0.1, 0.15) is 5.37 Å². The molecule has 2 heterocycles. The van der Waals surface area contributed by atoms with Gasteiger partial charge in [0.25, 0.3) is 0 Å². The van der Waals surface area contributed by atoms with Crippen LogP contribution >= 0.6 is 23.4 Å². The van der Waals surface area contributed by atoms with Crippen molar-refractivity contribution in [2.45, 2.75) is 29.8 Å². The molecule has 23 heavy (non-hydrogen) atoms. The van der Waals surface area contributed by atoms with Crippen LogP contribution in [-0.4, -0.2) is 82.3 Å². The Kier molecular flexibility index (Phi) is 6.14. The monoisotopic (exact) mass is 364 g/mol. The molecule has 5 N–H and O–H groups in total. The van der Waals surface area contributed by atoms with Crippen LogP contribution in [0.25, 0.3) is 11.2 Å². The second-order valence-electron chi connectivity index (χ2n) is 4.84. The zero-order valence-corrected chi connectivity index (χ0v) is 13.6. The fourth-order valence-corrected chi connectivity index (χ4v) is 3.13. The van der Waals surface area contributed by atoms with Crippen LogP contribution in [0.15, 0.2) is 12.7 Å². The Morgan fingerprint density at radius 1 is 1.13 bits per heavy atom. The standard InChI is InChI=1S/C12H17ClN4O5S/c1-23-12(9(22)8(21)7(20)5(19)2-18)17-4-16-6-10(13)14-3-15-11(6)17/h3-5,7-9,12,18-22H,2H2,1H3/t5-,7-,8+,9-,12+/m1/s1. The Labute approximate surface area is 140 Å². The van der Waals surface area contributed by atoms with Crippen LogP contribution in [0, 0.1) is 0 Å². The smallest absolute Gasteiger partial charge is 0.165 e. The van der Waals surface area contributed by atoms with Crippen LogP contribution < -0.4 is 0 Å². The summed E-state index contributed by atoms with van der Waals surface area (Å²) in [5.74, 6) is 0. The van der Waals surface area contributed by atoms with Gasteiger partial charge in [0.15, 0.2) is 10.8 Å². The summed E-state index contributed by atoms with van der Waals surface area (Å²) >= 11 is 7.10. The normalized spacial score (nSPS) is 18.6. The first kappa shape index (κ1) is 18.3. The summed E-state index contributed by atoms with van der Waals surface area (Å²) in [6.07, 6.45) is -2.12. The first-order chi connectivity index (χ1) is 10.9. The number of aromatic nitrogens is 4. The molecule has 2 aromatic rings. The molecule has 0 aliphatic heterocycles. The molecule has 0 unspecified atom stereocenters. The van der Waals surface area contributed by atoms with E-state index >= 15 is 0 Å². The number of halogens is 1. The highest BCUT2D eigenvalue weighted by atomic mass is 35.5. The lowest BCUT2D eigenvalue weighted by Gasteiger charge is -2.30. The maximum atomic E-state index is 10.3. The van der Waals surface area contributed by atoms with E-state index in [1.807, 2.05) is 0 Å². The number of fused-ring (bicyclic) bond motifs is 1. The maximum Gasteiger partial charge on any atom is 0.165 e. The molecule has 9 nitrogen and oxygen atoms in total. The Balaban J connectivity index is 2.32. The summed E-state index contributed by atoms with van der Waals surface area (Å²) in [4.78, 5) is 11.9. The van der Waals surface area contributed by atoms with E-state index in [1.165, 1.54) is 29.0 Å². The van der Waals surface area contributed by atoms with Crippen molar-refractivity contribution in [1.82, 2.24) is 19.5 Å². The Morgan fingerprint density at radius 2 is 1.83 bits per heavy atom. The van der Waals surface area contributed by atoms with Gasteiger partial charge in [0.1, 0.15) is 41.6 Å². The zero-order chi connectivity index (χ0) is 17.1. The number of imidazole rings is 1. The first-order valence-corrected chi connectivity index (χ1v) is 8.27. The molecule has 0 bridgehead atoms. The molecular weight excluding hydrogens is 348 g/mol. The molecule has 0 amide bonds. The summed E-state index contributed by atoms with van der Waals surface area (Å²) in [5, 5.41) is 47.8. The largest absolute Gasteiger partial charge is 0.394 e. The number of thioether (sulfide) groups is 1. The van der Waals surface area contributed by atoms with Crippen molar-refractivity contribution < 1.29 is 25.5 Å². The highest BCUT2D eigenvalue weighted by Crippen LogP contribution is 2.31. The van der Waals surface area contributed by atoms with Crippen molar-refractivity contribution in [1.29, 1.82) is 0 Å². The van der Waals surface area contributed by atoms with Gasteiger partial charge in [0.2, 0.25) is 0 Å². The minimum Gasteiger partial charge on any atom is -0.394 e. The molecule has 11 heteroatoms. The number of hydrogen-bond donors (Lipinski definition) is 5. The molecule has 0 saturated heterocycles. The van der Waals surface area contributed by atoms with Crippen molar-refractivity contribution in [3.63, 3.8) is 0 Å². The SMILES string of the molecule is CS[C@@H]([C@H](O)[C@@H](O)[C@H](O)[C@H](O)CO)n1cnc2c(Cl)ncnc21. The third kappa shape index (κ3) is 3.58. The zero-order valence-electron chi connectivity index (χ0n) is 12.1. The third-order valence-electron chi connectivity index (χ3n) is 3.40. The van der Waals surface area contributed by atoms with Crippen molar-refractivity contribution >= 4 is 34.5 Å². The number of hydrogen-bond acceptors (Lipinski definition) is 9. The summed E-state index contributed by atoms with van der Waals surface area (Å²) in [7, 11) is 0. The average Bonchev–Trinajstić information content (AvgIpc) is 2.98. The molecule has 2 rings (SSSR count). The van der Waals surface area contributed by atoms with Crippen LogP contribution in [0.2, 0.25) is 5.15 Å². The van der Waals surface area contributed by atoms with E-state index in [0.29, 0.717) is 11.2 Å². The average molecular weight is 365 g/mol. The molecule has 0 radical (unpaired) electrons. The fourth-order valence-electron chi connectivity index (χ4n) is 2.13. The second-order valence-corrected chi connectivity index (χ2v) is 6.15. The van der Waals surface area contributed by atoms with E-state index in [2.05, 4.69) is 15.0 Å². The van der Waals surface area contributed by atoms with Crippen molar-refractivity contribution in [2.24, 2.45) is 0 Å². The predicted octanol–water partition coefficient (Wildman–Crippen LogP) is -1.22. The molecule has 2 aromatic heterocycles. The van der Waals surface area contributed by atoms with Gasteiger partial charge in [0, 0.05) is 0 Å². The van der Waals surface area contributed by atoms with E-state index in [9.17, 15) is 20.4 Å². The van der Waals surface area contributed by atoms with E-state index in [4.69, 9.17) is 16.7 Å². The van der Waals surface area contributed by atoms with Gasteiger partial charge in [-0.25, -0.2) is 15.0 Å². The molecule has 0 saturated carbocycles. The highest BCUT2D eigenvalue weighted by molar-refractivity contribution is 7.98. The van der Waals surface area contributed by atoms with Crippen molar-refractivity contribution in [2.75, 3.05) is 12.9 Å². The summed E-state index contributed by atoms with van der Waals surface area (Å²) < 4.78 is 1.49. The number of aliphatic hydroxyl groups is 5. The van der Waals surface area contributed by atoms with Gasteiger partial charge in [-0.05, 0) is 6.26 Å². The fraction of sp³-hybridized carbons (Fsp3) is 0.583. The van der Waals surface area contributed by atoms with Crippen LogP contribution in [0.3, 0.4) is 0 Å². The summed E-state index contributed by atoms with van der Waals surface area (Å²) in [6, 6.07) is 0. The Bertz CT molecular complexity index is 659. The van der Waals surface area contributed by atoms with Gasteiger partial charge in [-0.3, -0.25) is 4.57 Å². The Morgan fingerprint density at radius 3 is 2.43 bits per heavy atom. The minimum atomic E-state index is -1.71. The van der Waals surface area contributed by atoms with Gasteiger partial charge >= 0.3 is 0 Å². The highest BCUT2D eigenvalue weighted by Gasteiger charge is 2.36.